The molecule has 116 valence electrons. The molecule has 2 unspecified atom stereocenters. The number of alkyl halides is 3. The minimum Gasteiger partial charge on any atom is -0.321 e. The van der Waals surface area contributed by atoms with Crippen LogP contribution < -0.4 is 5.32 Å². The van der Waals surface area contributed by atoms with Crippen LogP contribution in [0.3, 0.4) is 0 Å². The summed E-state index contributed by atoms with van der Waals surface area (Å²) in [6.07, 6.45) is -5.30. The van der Waals surface area contributed by atoms with E-state index >= 15 is 0 Å². The van der Waals surface area contributed by atoms with Crippen LogP contribution in [0.15, 0.2) is 24.3 Å². The minimum atomic E-state index is -4.28. The van der Waals surface area contributed by atoms with E-state index in [1.165, 1.54) is 4.90 Å². The van der Waals surface area contributed by atoms with Gasteiger partial charge >= 0.3 is 6.18 Å². The molecule has 0 bridgehead atoms. The number of amides is 1. The average Bonchev–Trinajstić information content (AvgIpc) is 2.73. The van der Waals surface area contributed by atoms with E-state index in [-0.39, 0.29) is 12.5 Å². The van der Waals surface area contributed by atoms with E-state index in [0.29, 0.717) is 11.4 Å². The quantitative estimate of drug-likeness (QED) is 0.921. The molecule has 3 nitrogen and oxygen atoms in total. The number of carbonyl (C=O) groups excluding carboxylic acids is 1. The van der Waals surface area contributed by atoms with Crippen molar-refractivity contribution in [1.29, 1.82) is 0 Å². The molecule has 2 rings (SSSR count). The monoisotopic (exact) mass is 320 g/mol. The number of hydrogen-bond acceptors (Lipinski definition) is 2. The second-order valence-electron chi connectivity index (χ2n) is 4.98. The highest BCUT2D eigenvalue weighted by molar-refractivity contribution is 6.30. The van der Waals surface area contributed by atoms with E-state index in [9.17, 15) is 18.0 Å². The lowest BCUT2D eigenvalue weighted by Crippen LogP contribution is -2.34. The topological polar surface area (TPSA) is 32.3 Å². The molecule has 0 spiro atoms. The first-order chi connectivity index (χ1) is 9.81. The fourth-order valence-corrected chi connectivity index (χ4v) is 2.51. The first-order valence-corrected chi connectivity index (χ1v) is 7.08. The van der Waals surface area contributed by atoms with Crippen molar-refractivity contribution in [3.05, 3.63) is 34.9 Å². The van der Waals surface area contributed by atoms with Crippen LogP contribution in [0, 0.1) is 0 Å². The maximum Gasteiger partial charge on any atom is 0.390 e. The van der Waals surface area contributed by atoms with Crippen LogP contribution in [0.4, 0.5) is 13.2 Å². The molecule has 2 atom stereocenters. The van der Waals surface area contributed by atoms with E-state index in [0.717, 1.165) is 5.56 Å². The predicted octanol–water partition coefficient (Wildman–Crippen LogP) is 3.50. The van der Waals surface area contributed by atoms with Crippen molar-refractivity contribution < 1.29 is 18.0 Å². The van der Waals surface area contributed by atoms with Crippen molar-refractivity contribution in [3.63, 3.8) is 0 Å². The Balaban J connectivity index is 2.20. The molecule has 0 aromatic heterocycles. The first-order valence-electron chi connectivity index (χ1n) is 6.70. The normalized spacial score (nSPS) is 22.9. The molecule has 1 aromatic carbocycles. The van der Waals surface area contributed by atoms with Gasteiger partial charge in [0.25, 0.3) is 0 Å². The molecule has 1 saturated heterocycles. The van der Waals surface area contributed by atoms with Gasteiger partial charge in [-0.1, -0.05) is 30.7 Å². The summed E-state index contributed by atoms with van der Waals surface area (Å²) in [5, 5.41) is 3.62. The van der Waals surface area contributed by atoms with Crippen LogP contribution >= 0.6 is 11.6 Å². The van der Waals surface area contributed by atoms with Crippen molar-refractivity contribution in [2.75, 3.05) is 6.54 Å². The van der Waals surface area contributed by atoms with E-state index in [1.54, 1.807) is 24.3 Å². The van der Waals surface area contributed by atoms with Crippen LogP contribution in [-0.4, -0.2) is 29.6 Å². The first kappa shape index (κ1) is 16.1. The molecule has 1 aromatic rings. The molecule has 1 fully saturated rings. The summed E-state index contributed by atoms with van der Waals surface area (Å²) in [7, 11) is 0. The van der Waals surface area contributed by atoms with Gasteiger partial charge in [-0.25, -0.2) is 0 Å². The summed E-state index contributed by atoms with van der Waals surface area (Å²) >= 11 is 5.81. The van der Waals surface area contributed by atoms with Gasteiger partial charge in [-0.2, -0.15) is 13.2 Å². The SMILES string of the molecule is CCC1NC(c2ccc(Cl)cc2)N(CCC(F)(F)F)C1=O. The van der Waals surface area contributed by atoms with Crippen molar-refractivity contribution in [2.24, 2.45) is 0 Å². The Bertz CT molecular complexity index is 504. The van der Waals surface area contributed by atoms with Crippen LogP contribution in [0.25, 0.3) is 0 Å². The van der Waals surface area contributed by atoms with Crippen molar-refractivity contribution in [2.45, 2.75) is 38.1 Å². The highest BCUT2D eigenvalue weighted by Crippen LogP contribution is 2.29. The smallest absolute Gasteiger partial charge is 0.321 e. The highest BCUT2D eigenvalue weighted by Gasteiger charge is 2.40. The standard InChI is InChI=1S/C14H16ClF3N2O/c1-2-11-13(21)20(8-7-14(16,17)18)12(19-11)9-3-5-10(15)6-4-9/h3-6,11-12,19H,2,7-8H2,1H3. The Hall–Kier alpha value is -1.27. The minimum absolute atomic E-state index is 0.290. The summed E-state index contributed by atoms with van der Waals surface area (Å²) in [5.74, 6) is -0.290. The zero-order valence-electron chi connectivity index (χ0n) is 11.5. The second kappa shape index (κ2) is 6.23. The fourth-order valence-electron chi connectivity index (χ4n) is 2.38. The molecule has 1 aliphatic rings. The maximum atomic E-state index is 12.4. The molecular formula is C14H16ClF3N2O. The average molecular weight is 321 g/mol. The number of nitrogens with one attached hydrogen (secondary N) is 1. The Labute approximate surface area is 126 Å². The van der Waals surface area contributed by atoms with Crippen molar-refractivity contribution in [1.82, 2.24) is 10.2 Å². The van der Waals surface area contributed by atoms with E-state index < -0.39 is 24.8 Å². The Kier molecular flexibility index (Phi) is 4.78. The summed E-state index contributed by atoms with van der Waals surface area (Å²) in [5.41, 5.74) is 0.728. The van der Waals surface area contributed by atoms with E-state index in [4.69, 9.17) is 11.6 Å². The van der Waals surface area contributed by atoms with Gasteiger partial charge in [0, 0.05) is 11.6 Å². The predicted molar refractivity (Wildman–Crippen MR) is 73.8 cm³/mol. The lowest BCUT2D eigenvalue weighted by atomic mass is 10.1. The van der Waals surface area contributed by atoms with Crippen LogP contribution in [0.1, 0.15) is 31.5 Å². The number of carbonyl (C=O) groups is 1. The lowest BCUT2D eigenvalue weighted by molar-refractivity contribution is -0.145. The van der Waals surface area contributed by atoms with Gasteiger partial charge in [-0.05, 0) is 24.1 Å². The fraction of sp³-hybridized carbons (Fsp3) is 0.500. The zero-order valence-corrected chi connectivity index (χ0v) is 12.2. The molecule has 1 amide bonds. The summed E-state index contributed by atoms with van der Waals surface area (Å²) in [4.78, 5) is 13.4. The van der Waals surface area contributed by atoms with Crippen LogP contribution in [-0.2, 0) is 4.79 Å². The van der Waals surface area contributed by atoms with Gasteiger partial charge in [0.1, 0.15) is 6.17 Å². The highest BCUT2D eigenvalue weighted by atomic mass is 35.5. The largest absolute Gasteiger partial charge is 0.390 e. The number of halogens is 4. The zero-order chi connectivity index (χ0) is 15.6. The number of hydrogen-bond donors (Lipinski definition) is 1. The molecule has 21 heavy (non-hydrogen) atoms. The van der Waals surface area contributed by atoms with Crippen LogP contribution in [0.2, 0.25) is 5.02 Å². The third kappa shape index (κ3) is 3.89. The molecule has 7 heteroatoms. The molecular weight excluding hydrogens is 305 g/mol. The number of rotatable bonds is 4. The Morgan fingerprint density at radius 2 is 1.90 bits per heavy atom. The molecule has 1 aliphatic heterocycles. The summed E-state index contributed by atoms with van der Waals surface area (Å²) in [6, 6.07) is 6.30. The lowest BCUT2D eigenvalue weighted by Gasteiger charge is -2.25. The second-order valence-corrected chi connectivity index (χ2v) is 5.41. The molecule has 0 saturated carbocycles. The van der Waals surface area contributed by atoms with Crippen molar-refractivity contribution in [3.8, 4) is 0 Å². The van der Waals surface area contributed by atoms with Crippen molar-refractivity contribution >= 4 is 17.5 Å². The third-order valence-electron chi connectivity index (χ3n) is 3.48. The molecule has 0 aliphatic carbocycles. The van der Waals surface area contributed by atoms with Crippen LogP contribution in [0.5, 0.6) is 0 Å². The maximum absolute atomic E-state index is 12.4. The molecule has 0 radical (unpaired) electrons. The van der Waals surface area contributed by atoms with Gasteiger partial charge in [0.15, 0.2) is 0 Å². The third-order valence-corrected chi connectivity index (χ3v) is 3.73. The van der Waals surface area contributed by atoms with E-state index in [2.05, 4.69) is 5.32 Å². The van der Waals surface area contributed by atoms with Gasteiger partial charge in [0.2, 0.25) is 5.91 Å². The van der Waals surface area contributed by atoms with E-state index in [1.807, 2.05) is 6.92 Å². The Morgan fingerprint density at radius 1 is 1.29 bits per heavy atom. The molecule has 1 N–H and O–H groups in total. The van der Waals surface area contributed by atoms with Gasteiger partial charge in [0.05, 0.1) is 12.5 Å². The summed E-state index contributed by atoms with van der Waals surface area (Å²) in [6.45, 7) is 1.47. The number of benzene rings is 1. The molecule has 1 heterocycles. The van der Waals surface area contributed by atoms with Gasteiger partial charge < -0.3 is 4.90 Å². The number of nitrogens with zero attached hydrogens (tertiary/aromatic N) is 1. The van der Waals surface area contributed by atoms with Gasteiger partial charge in [-0.15, -0.1) is 0 Å². The van der Waals surface area contributed by atoms with Gasteiger partial charge in [-0.3, -0.25) is 10.1 Å². The summed E-state index contributed by atoms with van der Waals surface area (Å²) < 4.78 is 37.3. The Morgan fingerprint density at radius 3 is 2.43 bits per heavy atom.